The van der Waals surface area contributed by atoms with E-state index in [9.17, 15) is 19.5 Å². The van der Waals surface area contributed by atoms with Gasteiger partial charge in [-0.3, -0.25) is 0 Å². The van der Waals surface area contributed by atoms with Gasteiger partial charge in [0.15, 0.2) is 18.5 Å². The van der Waals surface area contributed by atoms with Crippen molar-refractivity contribution in [2.24, 2.45) is 0 Å². The Balaban J connectivity index is 1.52. The molecule has 3 aromatic carbocycles. The summed E-state index contributed by atoms with van der Waals surface area (Å²) in [5, 5.41) is 14.1. The highest BCUT2D eigenvalue weighted by molar-refractivity contribution is 5.90. The van der Waals surface area contributed by atoms with Crippen LogP contribution in [0.25, 0.3) is 11.0 Å². The molecule has 1 aromatic heterocycles. The lowest BCUT2D eigenvalue weighted by Crippen LogP contribution is -2.64. The van der Waals surface area contributed by atoms with Crippen molar-refractivity contribution in [3.63, 3.8) is 0 Å². The van der Waals surface area contributed by atoms with E-state index in [-0.39, 0.29) is 11.1 Å². The molecule has 0 saturated carbocycles. The second-order valence-electron chi connectivity index (χ2n) is 9.11. The lowest BCUT2D eigenvalue weighted by molar-refractivity contribution is -0.253. The van der Waals surface area contributed by atoms with Gasteiger partial charge < -0.3 is 33.8 Å². The minimum Gasteiger partial charge on any atom is -0.452 e. The highest BCUT2D eigenvalue weighted by Gasteiger charge is 2.50. The van der Waals surface area contributed by atoms with Crippen LogP contribution in [0.5, 0.6) is 0 Å². The molecule has 0 aliphatic carbocycles. The number of carbonyl (C=O) groups is 2. The van der Waals surface area contributed by atoms with Gasteiger partial charge in [-0.15, -0.1) is 0 Å². The number of aliphatic hydroxyl groups is 1. The van der Waals surface area contributed by atoms with Crippen LogP contribution in [0, 0.1) is 0 Å². The molecule has 0 amide bonds. The average molecular weight is 546 g/mol. The first-order chi connectivity index (χ1) is 19.5. The van der Waals surface area contributed by atoms with E-state index in [0.717, 1.165) is 0 Å². The van der Waals surface area contributed by atoms with Crippen LogP contribution >= 0.6 is 0 Å². The number of benzene rings is 3. The van der Waals surface area contributed by atoms with Gasteiger partial charge in [0.05, 0.1) is 17.7 Å². The molecular formula is C30H27NO9. The first-order valence-corrected chi connectivity index (χ1v) is 12.6. The topological polar surface area (TPSA) is 134 Å². The van der Waals surface area contributed by atoms with Gasteiger partial charge in [-0.05, 0) is 42.5 Å². The van der Waals surface area contributed by atoms with E-state index in [4.69, 9.17) is 23.4 Å². The predicted octanol–water partition coefficient (Wildman–Crippen LogP) is 3.39. The summed E-state index contributed by atoms with van der Waals surface area (Å²) in [6.07, 6.45) is -4.49. The van der Waals surface area contributed by atoms with E-state index in [1.54, 1.807) is 84.9 Å². The van der Waals surface area contributed by atoms with Gasteiger partial charge in [-0.25, -0.2) is 14.4 Å². The number of hydrogen-bond acceptors (Lipinski definition) is 10. The Morgan fingerprint density at radius 3 is 2.05 bits per heavy atom. The summed E-state index contributed by atoms with van der Waals surface area (Å²) in [5.41, 5.74) is 0.877. The van der Waals surface area contributed by atoms with Gasteiger partial charge >= 0.3 is 17.6 Å². The molecule has 0 radical (unpaired) electrons. The van der Waals surface area contributed by atoms with Crippen LogP contribution in [0.15, 0.2) is 100 Å². The zero-order valence-electron chi connectivity index (χ0n) is 21.5. The standard InChI is InChI=1S/C30H27NO9/c1-36-30-25(31-21-14-12-18-13-15-24(33)37-22(18)16-21)27(40-29(35)20-10-6-3-7-11-20)26(23(17-32)38-30)39-28(34)19-8-4-2-5-9-19/h2-16,23,25-27,30-32H,17H2,1H3/t23-,25-,26-,27-,30+/m1/s1. The summed E-state index contributed by atoms with van der Waals surface area (Å²) in [6, 6.07) is 23.8. The summed E-state index contributed by atoms with van der Waals surface area (Å²) in [5.74, 6) is -1.35. The lowest BCUT2D eigenvalue weighted by atomic mass is 9.95. The van der Waals surface area contributed by atoms with Gasteiger partial charge in [-0.2, -0.15) is 0 Å². The zero-order chi connectivity index (χ0) is 28.1. The van der Waals surface area contributed by atoms with Crippen LogP contribution in [-0.2, 0) is 18.9 Å². The van der Waals surface area contributed by atoms with Crippen molar-refractivity contribution in [3.8, 4) is 0 Å². The Kier molecular flexibility index (Phi) is 8.20. The fraction of sp³-hybridized carbons (Fsp3) is 0.233. The summed E-state index contributed by atoms with van der Waals surface area (Å²) in [6.45, 7) is -0.542. The van der Waals surface area contributed by atoms with Gasteiger partial charge in [0, 0.05) is 30.3 Å². The largest absolute Gasteiger partial charge is 0.452 e. The third kappa shape index (κ3) is 5.89. The normalized spacial score (nSPS) is 22.4. The quantitative estimate of drug-likeness (QED) is 0.251. The number of aliphatic hydroxyl groups excluding tert-OH is 1. The third-order valence-electron chi connectivity index (χ3n) is 6.52. The predicted molar refractivity (Wildman–Crippen MR) is 144 cm³/mol. The minimum atomic E-state index is -1.22. The third-order valence-corrected chi connectivity index (χ3v) is 6.52. The molecule has 0 spiro atoms. The van der Waals surface area contributed by atoms with Crippen LogP contribution in [-0.4, -0.2) is 61.4 Å². The molecule has 5 rings (SSSR count). The van der Waals surface area contributed by atoms with Crippen molar-refractivity contribution in [2.45, 2.75) is 30.6 Å². The Morgan fingerprint density at radius 1 is 0.850 bits per heavy atom. The number of fused-ring (bicyclic) bond motifs is 1. The molecule has 5 atom stereocenters. The molecule has 4 aromatic rings. The second kappa shape index (κ2) is 12.1. The molecular weight excluding hydrogens is 518 g/mol. The Morgan fingerprint density at radius 2 is 1.45 bits per heavy atom. The van der Waals surface area contributed by atoms with E-state index in [0.29, 0.717) is 16.7 Å². The summed E-state index contributed by atoms with van der Waals surface area (Å²) in [7, 11) is 1.40. The maximum atomic E-state index is 13.2. The van der Waals surface area contributed by atoms with E-state index < -0.39 is 54.8 Å². The molecule has 1 aliphatic heterocycles. The van der Waals surface area contributed by atoms with Crippen LogP contribution in [0.3, 0.4) is 0 Å². The van der Waals surface area contributed by atoms with Crippen LogP contribution in [0.2, 0.25) is 0 Å². The summed E-state index contributed by atoms with van der Waals surface area (Å²) < 4.78 is 28.6. The molecule has 10 nitrogen and oxygen atoms in total. The fourth-order valence-electron chi connectivity index (χ4n) is 4.56. The molecule has 1 fully saturated rings. The van der Waals surface area contributed by atoms with E-state index in [1.165, 1.54) is 13.2 Å². The molecule has 40 heavy (non-hydrogen) atoms. The number of hydrogen-bond donors (Lipinski definition) is 2. The Labute approximate surface area is 229 Å². The van der Waals surface area contributed by atoms with Crippen molar-refractivity contribution in [1.29, 1.82) is 0 Å². The monoisotopic (exact) mass is 545 g/mol. The second-order valence-corrected chi connectivity index (χ2v) is 9.11. The first kappa shape index (κ1) is 27.1. The Hall–Kier alpha value is -4.51. The number of ether oxygens (including phenoxy) is 4. The SMILES string of the molecule is CO[C@H]1O[C@H](CO)[C@@H](OC(=O)c2ccccc2)[C@H](OC(=O)c2ccccc2)[C@H]1Nc1ccc2ccc(=O)oc2c1. The number of methoxy groups -OCH3 is 1. The van der Waals surface area contributed by atoms with E-state index in [1.807, 2.05) is 0 Å². The van der Waals surface area contributed by atoms with Gasteiger partial charge in [0.25, 0.3) is 0 Å². The Bertz CT molecular complexity index is 1520. The number of esters is 2. The van der Waals surface area contributed by atoms with E-state index in [2.05, 4.69) is 5.32 Å². The maximum absolute atomic E-state index is 13.2. The molecule has 10 heteroatoms. The van der Waals surface area contributed by atoms with Crippen molar-refractivity contribution >= 4 is 28.6 Å². The van der Waals surface area contributed by atoms with Crippen LogP contribution in [0.1, 0.15) is 20.7 Å². The number of nitrogens with one attached hydrogen (secondary N) is 1. The van der Waals surface area contributed by atoms with Crippen molar-refractivity contribution in [3.05, 3.63) is 113 Å². The molecule has 1 saturated heterocycles. The molecule has 2 N–H and O–H groups in total. The zero-order valence-corrected chi connectivity index (χ0v) is 21.5. The molecule has 206 valence electrons. The van der Waals surface area contributed by atoms with Crippen molar-refractivity contribution in [1.82, 2.24) is 0 Å². The van der Waals surface area contributed by atoms with Gasteiger partial charge in [-0.1, -0.05) is 36.4 Å². The maximum Gasteiger partial charge on any atom is 0.338 e. The summed E-state index contributed by atoms with van der Waals surface area (Å²) in [4.78, 5) is 38.1. The van der Waals surface area contributed by atoms with Gasteiger partial charge in [0.1, 0.15) is 17.7 Å². The van der Waals surface area contributed by atoms with Crippen molar-refractivity contribution in [2.75, 3.05) is 19.0 Å². The first-order valence-electron chi connectivity index (χ1n) is 12.6. The highest BCUT2D eigenvalue weighted by atomic mass is 16.7. The lowest BCUT2D eigenvalue weighted by Gasteiger charge is -2.45. The number of carbonyl (C=O) groups excluding carboxylic acids is 2. The van der Waals surface area contributed by atoms with Crippen molar-refractivity contribution < 1.29 is 38.1 Å². The van der Waals surface area contributed by atoms with Crippen LogP contribution in [0.4, 0.5) is 5.69 Å². The molecule has 0 unspecified atom stereocenters. The number of anilines is 1. The number of rotatable bonds is 8. The van der Waals surface area contributed by atoms with E-state index >= 15 is 0 Å². The summed E-state index contributed by atoms with van der Waals surface area (Å²) >= 11 is 0. The highest BCUT2D eigenvalue weighted by Crippen LogP contribution is 2.31. The molecule has 0 bridgehead atoms. The van der Waals surface area contributed by atoms with Gasteiger partial charge in [0.2, 0.25) is 0 Å². The smallest absolute Gasteiger partial charge is 0.338 e. The molecule has 1 aliphatic rings. The van der Waals surface area contributed by atoms with Crippen LogP contribution < -0.4 is 10.9 Å². The minimum absolute atomic E-state index is 0.273. The molecule has 2 heterocycles. The average Bonchev–Trinajstić information content (AvgIpc) is 2.99. The fourth-order valence-corrected chi connectivity index (χ4v) is 4.56.